The van der Waals surface area contributed by atoms with Gasteiger partial charge in [0.15, 0.2) is 6.10 Å². The fourth-order valence-electron chi connectivity index (χ4n) is 4.78. The van der Waals surface area contributed by atoms with Crippen LogP contribution in [0.5, 0.6) is 0 Å². The minimum atomic E-state index is -4.67. The zero-order valence-corrected chi connectivity index (χ0v) is 35.9. The monoisotopic (exact) mass is 808 g/mol. The van der Waals surface area contributed by atoms with Gasteiger partial charge in [-0.25, -0.2) is 0 Å². The Labute approximate surface area is 338 Å². The summed E-state index contributed by atoms with van der Waals surface area (Å²) in [7, 11) is 1.03. The normalized spacial score (nSPS) is 15.6. The predicted molar refractivity (Wildman–Crippen MR) is 224 cm³/mol. The third kappa shape index (κ3) is 38.0. The number of hydrogen-bond donors (Lipinski definition) is 2. The molecule has 4 atom stereocenters. The van der Waals surface area contributed by atoms with Crippen LogP contribution < -0.4 is 4.89 Å². The SMILES string of the molecule is CC/C=C\C[C@@H](O)/C=C/C=C\C/C=C\C=C\[C@@H](O)/C=C\CCCC(=O)OC[C@H](COP(=O)([O-])OCC[N+](C)(C)C)OC(=O)CCCCCCC/C=C\CCCC. The van der Waals surface area contributed by atoms with Crippen LogP contribution in [0.2, 0.25) is 0 Å². The lowest BCUT2D eigenvalue weighted by Crippen LogP contribution is -2.37. The molecule has 11 nitrogen and oxygen atoms in total. The number of carbonyl (C=O) groups is 2. The number of phosphoric acid groups is 1. The lowest BCUT2D eigenvalue weighted by Gasteiger charge is -2.28. The Morgan fingerprint density at radius 1 is 0.696 bits per heavy atom. The van der Waals surface area contributed by atoms with Crippen molar-refractivity contribution in [1.29, 1.82) is 0 Å². The summed E-state index contributed by atoms with van der Waals surface area (Å²) < 4.78 is 33.6. The van der Waals surface area contributed by atoms with Crippen molar-refractivity contribution in [1.82, 2.24) is 0 Å². The Morgan fingerprint density at radius 3 is 2.04 bits per heavy atom. The second kappa shape index (κ2) is 35.3. The molecule has 0 aliphatic carbocycles. The molecular weight excluding hydrogens is 733 g/mol. The molecule has 0 amide bonds. The number of ether oxygens (including phenoxy) is 2. The van der Waals surface area contributed by atoms with Crippen molar-refractivity contribution in [3.8, 4) is 0 Å². The molecule has 0 aromatic heterocycles. The molecule has 56 heavy (non-hydrogen) atoms. The number of esters is 2. The smallest absolute Gasteiger partial charge is 0.306 e. The lowest BCUT2D eigenvalue weighted by atomic mass is 10.1. The van der Waals surface area contributed by atoms with Crippen molar-refractivity contribution < 1.29 is 52.3 Å². The average Bonchev–Trinajstić information content (AvgIpc) is 3.13. The van der Waals surface area contributed by atoms with Crippen LogP contribution in [0.4, 0.5) is 0 Å². The molecule has 2 N–H and O–H groups in total. The third-order valence-corrected chi connectivity index (χ3v) is 9.04. The molecule has 0 fully saturated rings. The van der Waals surface area contributed by atoms with E-state index in [9.17, 15) is 29.3 Å². The van der Waals surface area contributed by atoms with Gasteiger partial charge in [-0.2, -0.15) is 0 Å². The highest BCUT2D eigenvalue weighted by atomic mass is 31.2. The molecule has 0 aliphatic heterocycles. The van der Waals surface area contributed by atoms with E-state index in [4.69, 9.17) is 18.5 Å². The fourth-order valence-corrected chi connectivity index (χ4v) is 5.51. The molecule has 0 spiro atoms. The van der Waals surface area contributed by atoms with Crippen LogP contribution >= 0.6 is 7.82 Å². The van der Waals surface area contributed by atoms with E-state index < -0.39 is 44.7 Å². The van der Waals surface area contributed by atoms with E-state index in [0.29, 0.717) is 43.1 Å². The molecule has 0 radical (unpaired) electrons. The Bertz CT molecular complexity index is 1260. The van der Waals surface area contributed by atoms with Crippen molar-refractivity contribution in [2.75, 3.05) is 47.5 Å². The highest BCUT2D eigenvalue weighted by Crippen LogP contribution is 2.38. The van der Waals surface area contributed by atoms with Gasteiger partial charge in [-0.1, -0.05) is 131 Å². The summed E-state index contributed by atoms with van der Waals surface area (Å²) in [5, 5.41) is 20.0. The molecule has 12 heteroatoms. The summed E-state index contributed by atoms with van der Waals surface area (Å²) in [5.41, 5.74) is 0. The van der Waals surface area contributed by atoms with Gasteiger partial charge in [0.2, 0.25) is 0 Å². The van der Waals surface area contributed by atoms with Gasteiger partial charge in [0.05, 0.1) is 40.0 Å². The number of aliphatic hydroxyl groups excluding tert-OH is 2. The highest BCUT2D eigenvalue weighted by molar-refractivity contribution is 7.45. The number of likely N-dealkylation sites (N-methyl/N-ethyl adjacent to an activating group) is 1. The molecule has 320 valence electrons. The first-order chi connectivity index (χ1) is 26.8. The number of nitrogens with zero attached hydrogens (tertiary/aromatic N) is 1. The molecule has 0 aliphatic rings. The number of phosphoric ester groups is 1. The van der Waals surface area contributed by atoms with E-state index in [1.807, 2.05) is 63.7 Å². The van der Waals surface area contributed by atoms with Gasteiger partial charge in [0.25, 0.3) is 7.82 Å². The predicted octanol–water partition coefficient (Wildman–Crippen LogP) is 8.55. The molecule has 0 heterocycles. The van der Waals surface area contributed by atoms with E-state index in [2.05, 4.69) is 26.0 Å². The Kier molecular flexibility index (Phi) is 33.5. The van der Waals surface area contributed by atoms with Crippen LogP contribution in [0.3, 0.4) is 0 Å². The van der Waals surface area contributed by atoms with Crippen LogP contribution in [0, 0.1) is 0 Å². The topological polar surface area (TPSA) is 152 Å². The number of rotatable bonds is 35. The van der Waals surface area contributed by atoms with Gasteiger partial charge in [-0.15, -0.1) is 0 Å². The van der Waals surface area contributed by atoms with Gasteiger partial charge in [-0.3, -0.25) is 14.2 Å². The minimum Gasteiger partial charge on any atom is -0.756 e. The quantitative estimate of drug-likeness (QED) is 0.0159. The van der Waals surface area contributed by atoms with Crippen molar-refractivity contribution >= 4 is 19.8 Å². The van der Waals surface area contributed by atoms with Crippen molar-refractivity contribution in [2.45, 2.75) is 135 Å². The summed E-state index contributed by atoms with van der Waals surface area (Å²) in [4.78, 5) is 37.4. The minimum absolute atomic E-state index is 0.0701. The Balaban J connectivity index is 4.66. The number of aliphatic hydroxyl groups is 2. The molecule has 0 rings (SSSR count). The standard InChI is InChI=1S/C44H74NO10P/c1-6-8-10-11-12-13-14-15-19-22-28-35-44(49)55-42(39-54-56(50,51)53-37-36-45(3,4)5)38-52-43(48)34-29-23-27-33-41(47)32-26-21-18-16-17-20-25-31-40(46)30-24-9-7-2/h9,11-12,17-18,20-21,24-27,31-33,40-42,46-47H,6-8,10,13-16,19,22-23,28-30,34-39H2,1-5H3/b12-11-,20-17-,21-18-,24-9-,31-25+,32-26+,33-27-/t40-,41-,42-/m1/s1. The largest absolute Gasteiger partial charge is 0.756 e. The van der Waals surface area contributed by atoms with Gasteiger partial charge in [0, 0.05) is 12.8 Å². The van der Waals surface area contributed by atoms with Gasteiger partial charge >= 0.3 is 11.9 Å². The van der Waals surface area contributed by atoms with Crippen molar-refractivity contribution in [3.05, 3.63) is 85.1 Å². The summed E-state index contributed by atoms with van der Waals surface area (Å²) >= 11 is 0. The summed E-state index contributed by atoms with van der Waals surface area (Å²) in [5.74, 6) is -1.04. The van der Waals surface area contributed by atoms with Crippen molar-refractivity contribution in [3.63, 3.8) is 0 Å². The summed E-state index contributed by atoms with van der Waals surface area (Å²) in [6, 6.07) is 0. The first-order valence-electron chi connectivity index (χ1n) is 20.5. The molecule has 0 saturated carbocycles. The second-order valence-corrected chi connectivity index (χ2v) is 16.1. The van der Waals surface area contributed by atoms with E-state index in [1.165, 1.54) is 12.8 Å². The fraction of sp³-hybridized carbons (Fsp3) is 0.636. The van der Waals surface area contributed by atoms with E-state index >= 15 is 0 Å². The maximum Gasteiger partial charge on any atom is 0.306 e. The number of quaternary nitrogens is 1. The molecule has 0 aromatic carbocycles. The summed E-state index contributed by atoms with van der Waals surface area (Å²) in [6.45, 7) is 3.72. The highest BCUT2D eigenvalue weighted by Gasteiger charge is 2.21. The molecular formula is C44H74NO10P. The van der Waals surface area contributed by atoms with Crippen molar-refractivity contribution in [2.24, 2.45) is 0 Å². The van der Waals surface area contributed by atoms with E-state index in [-0.39, 0.29) is 26.1 Å². The Morgan fingerprint density at radius 2 is 1.34 bits per heavy atom. The number of allylic oxidation sites excluding steroid dienone is 10. The lowest BCUT2D eigenvalue weighted by molar-refractivity contribution is -0.870. The first kappa shape index (κ1) is 53.1. The van der Waals surface area contributed by atoms with Crippen LogP contribution in [-0.2, 0) is 32.7 Å². The maximum absolute atomic E-state index is 12.6. The number of hydrogen-bond acceptors (Lipinski definition) is 10. The molecule has 0 aromatic rings. The van der Waals surface area contributed by atoms with Crippen LogP contribution in [0.1, 0.15) is 117 Å². The number of unbranched alkanes of at least 4 members (excludes halogenated alkanes) is 8. The maximum atomic E-state index is 12.6. The van der Waals surface area contributed by atoms with Crippen LogP contribution in [-0.4, -0.2) is 92.5 Å². The molecule has 0 bridgehead atoms. The zero-order chi connectivity index (χ0) is 41.8. The van der Waals surface area contributed by atoms with Gasteiger partial charge in [0.1, 0.15) is 19.8 Å². The van der Waals surface area contributed by atoms with Gasteiger partial charge in [-0.05, 0) is 57.8 Å². The van der Waals surface area contributed by atoms with E-state index in [0.717, 1.165) is 44.9 Å². The number of carbonyl (C=O) groups excluding carboxylic acids is 2. The van der Waals surface area contributed by atoms with E-state index in [1.54, 1.807) is 30.4 Å². The zero-order valence-electron chi connectivity index (χ0n) is 35.0. The van der Waals surface area contributed by atoms with Crippen LogP contribution in [0.25, 0.3) is 0 Å². The van der Waals surface area contributed by atoms with Gasteiger partial charge < -0.3 is 38.1 Å². The summed E-state index contributed by atoms with van der Waals surface area (Å²) in [6.07, 6.45) is 37.0. The molecule has 1 unspecified atom stereocenters. The van der Waals surface area contributed by atoms with Crippen LogP contribution in [0.15, 0.2) is 85.1 Å². The first-order valence-corrected chi connectivity index (χ1v) is 22.0. The Hall–Kier alpha value is -2.89. The second-order valence-electron chi connectivity index (χ2n) is 14.7. The third-order valence-electron chi connectivity index (χ3n) is 8.07. The average molecular weight is 808 g/mol. The molecule has 0 saturated heterocycles.